The van der Waals surface area contributed by atoms with Crippen molar-refractivity contribution >= 4 is 40.5 Å². The highest BCUT2D eigenvalue weighted by atomic mass is 32.2. The number of hydrogen-bond donors (Lipinski definition) is 1. The van der Waals surface area contributed by atoms with Gasteiger partial charge in [0, 0.05) is 28.3 Å². The number of nitrogens with one attached hydrogen (secondary N) is 1. The first-order chi connectivity index (χ1) is 16.3. The molecular formula is C27H25N3O3S. The first kappa shape index (κ1) is 20.3. The predicted molar refractivity (Wildman–Crippen MR) is 130 cm³/mol. The van der Waals surface area contributed by atoms with Gasteiger partial charge in [-0.2, -0.15) is 4.74 Å². The molecule has 2 aromatic carbocycles. The lowest BCUT2D eigenvalue weighted by atomic mass is 9.51. The number of hydrogen-bond acceptors (Lipinski definition) is 4. The molecule has 4 fully saturated rings. The van der Waals surface area contributed by atoms with Crippen LogP contribution in [0.4, 0.5) is 5.69 Å². The van der Waals surface area contributed by atoms with E-state index in [0.717, 1.165) is 32.1 Å². The fraction of sp³-hybridized carbons (Fsp3) is 0.370. The molecule has 2 aromatic rings. The van der Waals surface area contributed by atoms with E-state index in [-0.39, 0.29) is 17.7 Å². The summed E-state index contributed by atoms with van der Waals surface area (Å²) in [5.41, 5.74) is 0.482. The Labute approximate surface area is 202 Å². The number of piperidine rings is 2. The first-order valence-electron chi connectivity index (χ1n) is 11.9. The van der Waals surface area contributed by atoms with Gasteiger partial charge in [-0.25, -0.2) is 0 Å². The molecule has 2 bridgehead atoms. The molecule has 8 rings (SSSR count). The van der Waals surface area contributed by atoms with Gasteiger partial charge in [0.2, 0.25) is 17.3 Å². The van der Waals surface area contributed by atoms with E-state index in [4.69, 9.17) is 0 Å². The molecule has 2 amide bonds. The Hall–Kier alpha value is -3.06. The van der Waals surface area contributed by atoms with Crippen LogP contribution in [0.15, 0.2) is 64.4 Å². The summed E-state index contributed by atoms with van der Waals surface area (Å²) in [4.78, 5) is 31.2. The van der Waals surface area contributed by atoms with Crippen LogP contribution in [0, 0.1) is 16.5 Å². The molecule has 0 aromatic heterocycles. The number of rotatable bonds is 2. The average Bonchev–Trinajstić information content (AvgIpc) is 3.37. The molecule has 5 aliphatic heterocycles. The molecule has 3 atom stereocenters. The number of nitrogens with zero attached hydrogens (tertiary/aromatic N) is 2. The number of carbonyl (C=O) groups excluding carboxylic acids is 2. The van der Waals surface area contributed by atoms with E-state index in [1.54, 1.807) is 11.8 Å². The Morgan fingerprint density at radius 2 is 1.91 bits per heavy atom. The first-order valence-corrected chi connectivity index (χ1v) is 12.7. The van der Waals surface area contributed by atoms with Crippen LogP contribution in [-0.2, 0) is 9.59 Å². The lowest BCUT2D eigenvalue weighted by molar-refractivity contribution is -0.362. The van der Waals surface area contributed by atoms with E-state index in [2.05, 4.69) is 31.3 Å². The molecule has 0 saturated carbocycles. The van der Waals surface area contributed by atoms with Crippen LogP contribution in [0.2, 0.25) is 0 Å². The number of carbonyl (C=O) groups is 2. The molecular weight excluding hydrogens is 446 g/mol. The molecule has 4 saturated heterocycles. The lowest BCUT2D eigenvalue weighted by Crippen LogP contribution is -2.83. The standard InChI is InChI=1S/C27H25N3O3S/c1-25(2)21-15-26-11-6-12-29(26)24(32)27(21,28-23(26)31)14-19-18-13-17(34-16-7-4-3-5-8-16)9-10-20(18)30(33)22(19)25/h3-5,7-10,13-14,21H,6,11-12,15H2,1-2H3,(H,28,31)/t21?,26-,27-/m0/s1. The monoisotopic (exact) mass is 471 g/mol. The molecule has 0 radical (unpaired) electrons. The predicted octanol–water partition coefficient (Wildman–Crippen LogP) is 4.11. The van der Waals surface area contributed by atoms with Gasteiger partial charge >= 0.3 is 0 Å². The van der Waals surface area contributed by atoms with Crippen molar-refractivity contribution in [2.24, 2.45) is 11.3 Å². The van der Waals surface area contributed by atoms with Gasteiger partial charge in [-0.1, -0.05) is 30.0 Å². The molecule has 6 nitrogen and oxygen atoms in total. The molecule has 34 heavy (non-hydrogen) atoms. The molecule has 5 heterocycles. The summed E-state index contributed by atoms with van der Waals surface area (Å²) >= 11 is 1.64. The van der Waals surface area contributed by atoms with E-state index >= 15 is 0 Å². The normalized spacial score (nSPS) is 32.1. The van der Waals surface area contributed by atoms with Crippen LogP contribution in [0.5, 0.6) is 0 Å². The highest BCUT2D eigenvalue weighted by molar-refractivity contribution is 7.99. The Morgan fingerprint density at radius 3 is 2.71 bits per heavy atom. The second-order valence-electron chi connectivity index (χ2n) is 10.7. The number of piperazine rings is 1. The molecule has 1 N–H and O–H groups in total. The van der Waals surface area contributed by atoms with Crippen molar-refractivity contribution in [2.75, 3.05) is 6.54 Å². The van der Waals surface area contributed by atoms with Crippen molar-refractivity contribution < 1.29 is 14.3 Å². The molecule has 2 spiro atoms. The molecule has 1 aliphatic carbocycles. The molecule has 6 aliphatic rings. The van der Waals surface area contributed by atoms with Gasteiger partial charge < -0.3 is 15.4 Å². The maximum atomic E-state index is 13.9. The summed E-state index contributed by atoms with van der Waals surface area (Å²) < 4.78 is 1.06. The summed E-state index contributed by atoms with van der Waals surface area (Å²) in [7, 11) is 0. The SMILES string of the molecule is CC1(C)C2=[N+]([O-])c3ccc(Sc4ccccc4)cc3C2=C[C@@]23NC(=O)[C@]4(CCCN4C2=O)CC13. The smallest absolute Gasteiger partial charge is 0.253 e. The molecule has 172 valence electrons. The van der Waals surface area contributed by atoms with Gasteiger partial charge in [0.15, 0.2) is 0 Å². The number of benzene rings is 2. The average molecular weight is 472 g/mol. The van der Waals surface area contributed by atoms with Crippen molar-refractivity contribution in [1.82, 2.24) is 10.2 Å². The van der Waals surface area contributed by atoms with E-state index in [1.807, 2.05) is 47.4 Å². The Balaban J connectivity index is 1.41. The Bertz CT molecular complexity index is 1360. The molecule has 7 heteroatoms. The largest absolute Gasteiger partial charge is 0.618 e. The lowest BCUT2D eigenvalue weighted by Gasteiger charge is -2.62. The van der Waals surface area contributed by atoms with Gasteiger partial charge in [-0.15, -0.1) is 0 Å². The van der Waals surface area contributed by atoms with Crippen LogP contribution < -0.4 is 5.32 Å². The minimum absolute atomic E-state index is 0.0128. The Kier molecular flexibility index (Phi) is 3.78. The summed E-state index contributed by atoms with van der Waals surface area (Å²) in [5.74, 6) is -0.217. The van der Waals surface area contributed by atoms with Crippen molar-refractivity contribution in [3.05, 3.63) is 65.4 Å². The third-order valence-electron chi connectivity index (χ3n) is 8.69. The van der Waals surface area contributed by atoms with Crippen molar-refractivity contribution in [1.29, 1.82) is 0 Å². The number of allylic oxidation sites excluding steroid dienone is 1. The second-order valence-corrected chi connectivity index (χ2v) is 11.8. The maximum Gasteiger partial charge on any atom is 0.253 e. The van der Waals surface area contributed by atoms with E-state index < -0.39 is 16.5 Å². The van der Waals surface area contributed by atoms with E-state index in [1.165, 1.54) is 0 Å². The highest BCUT2D eigenvalue weighted by Crippen LogP contribution is 2.60. The minimum Gasteiger partial charge on any atom is -0.618 e. The molecule has 1 unspecified atom stereocenters. The van der Waals surface area contributed by atoms with Gasteiger partial charge in [-0.05, 0) is 63.5 Å². The van der Waals surface area contributed by atoms with Gasteiger partial charge in [0.05, 0.1) is 16.6 Å². The van der Waals surface area contributed by atoms with Crippen LogP contribution in [-0.4, -0.2) is 44.8 Å². The fourth-order valence-corrected chi connectivity index (χ4v) is 8.03. The summed E-state index contributed by atoms with van der Waals surface area (Å²) in [5, 5.41) is 16.8. The van der Waals surface area contributed by atoms with Gasteiger partial charge in [0.1, 0.15) is 11.1 Å². The zero-order valence-electron chi connectivity index (χ0n) is 19.1. The van der Waals surface area contributed by atoms with Crippen LogP contribution in [0.1, 0.15) is 38.7 Å². The quantitative estimate of drug-likeness (QED) is 0.528. The van der Waals surface area contributed by atoms with Gasteiger partial charge in [0.25, 0.3) is 5.91 Å². The highest BCUT2D eigenvalue weighted by Gasteiger charge is 2.73. The van der Waals surface area contributed by atoms with Gasteiger partial charge in [-0.3, -0.25) is 9.59 Å². The third-order valence-corrected chi connectivity index (χ3v) is 9.69. The van der Waals surface area contributed by atoms with E-state index in [9.17, 15) is 14.8 Å². The third kappa shape index (κ3) is 2.26. The van der Waals surface area contributed by atoms with Crippen molar-refractivity contribution in [3.63, 3.8) is 0 Å². The topological polar surface area (TPSA) is 75.5 Å². The fourth-order valence-electron chi connectivity index (χ4n) is 7.16. The second kappa shape index (κ2) is 6.33. The summed E-state index contributed by atoms with van der Waals surface area (Å²) in [6.07, 6.45) is 4.05. The van der Waals surface area contributed by atoms with Crippen molar-refractivity contribution in [2.45, 2.75) is 54.0 Å². The minimum atomic E-state index is -1.10. The van der Waals surface area contributed by atoms with Crippen molar-refractivity contribution in [3.8, 4) is 0 Å². The van der Waals surface area contributed by atoms with Crippen LogP contribution in [0.25, 0.3) is 5.57 Å². The zero-order chi connectivity index (χ0) is 23.5. The van der Waals surface area contributed by atoms with Crippen LogP contribution in [0.3, 0.4) is 0 Å². The van der Waals surface area contributed by atoms with E-state index in [0.29, 0.717) is 30.8 Å². The number of amides is 2. The summed E-state index contributed by atoms with van der Waals surface area (Å²) in [6, 6.07) is 16.0. The zero-order valence-corrected chi connectivity index (χ0v) is 19.9. The Morgan fingerprint density at radius 1 is 1.12 bits per heavy atom. The summed E-state index contributed by atoms with van der Waals surface area (Å²) in [6.45, 7) is 4.76. The maximum absolute atomic E-state index is 13.9. The van der Waals surface area contributed by atoms with Crippen LogP contribution >= 0.6 is 11.8 Å². The number of fused-ring (bicyclic) bond motifs is 4.